The Bertz CT molecular complexity index is 1350. The molecule has 1 N–H and O–H groups in total. The summed E-state index contributed by atoms with van der Waals surface area (Å²) in [6.45, 7) is 3.59. The van der Waals surface area contributed by atoms with Gasteiger partial charge in [0.15, 0.2) is 0 Å². The summed E-state index contributed by atoms with van der Waals surface area (Å²) < 4.78 is 27.8. The molecule has 5 nitrogen and oxygen atoms in total. The van der Waals surface area contributed by atoms with E-state index >= 15 is 0 Å². The van der Waals surface area contributed by atoms with Crippen LogP contribution >= 0.6 is 0 Å². The number of para-hydroxylation sites is 2. The van der Waals surface area contributed by atoms with Crippen molar-refractivity contribution < 1.29 is 18.4 Å². The zero-order chi connectivity index (χ0) is 24.2. The molecule has 0 unspecified atom stereocenters. The van der Waals surface area contributed by atoms with Gasteiger partial charge in [0.1, 0.15) is 23.9 Å². The van der Waals surface area contributed by atoms with Gasteiger partial charge in [-0.25, -0.2) is 13.8 Å². The molecule has 1 aromatic heterocycles. The molecular formula is C27H23F2N3O2. The lowest BCUT2D eigenvalue weighted by molar-refractivity contribution is -0.116. The maximum absolute atomic E-state index is 13.9. The van der Waals surface area contributed by atoms with Gasteiger partial charge in [-0.15, -0.1) is 0 Å². The highest BCUT2D eigenvalue weighted by atomic mass is 19.1. The van der Waals surface area contributed by atoms with E-state index in [1.807, 2.05) is 49.4 Å². The van der Waals surface area contributed by atoms with Crippen LogP contribution in [0.1, 0.15) is 22.8 Å². The van der Waals surface area contributed by atoms with Crippen LogP contribution in [-0.4, -0.2) is 34.8 Å². The highest BCUT2D eigenvalue weighted by Crippen LogP contribution is 2.26. The van der Waals surface area contributed by atoms with Gasteiger partial charge in [-0.2, -0.15) is 0 Å². The smallest absolute Gasteiger partial charge is 0.255 e. The van der Waals surface area contributed by atoms with Gasteiger partial charge in [-0.1, -0.05) is 54.1 Å². The molecule has 0 aliphatic heterocycles. The van der Waals surface area contributed by atoms with Crippen molar-refractivity contribution in [3.05, 3.63) is 95.6 Å². The number of rotatable bonds is 6. The quantitative estimate of drug-likeness (QED) is 0.409. The van der Waals surface area contributed by atoms with Gasteiger partial charge in [-0.3, -0.25) is 9.59 Å². The molecule has 1 heterocycles. The second-order valence-electron chi connectivity index (χ2n) is 7.90. The fourth-order valence-corrected chi connectivity index (χ4v) is 3.69. The Morgan fingerprint density at radius 3 is 2.29 bits per heavy atom. The van der Waals surface area contributed by atoms with Crippen LogP contribution in [0, 0.1) is 18.6 Å². The molecule has 0 spiro atoms. The van der Waals surface area contributed by atoms with Crippen molar-refractivity contribution in [2.75, 3.05) is 18.4 Å². The molecule has 172 valence electrons. The van der Waals surface area contributed by atoms with Crippen LogP contribution in [0.15, 0.2) is 72.8 Å². The maximum Gasteiger partial charge on any atom is 0.255 e. The number of halogens is 2. The van der Waals surface area contributed by atoms with Gasteiger partial charge in [0, 0.05) is 17.5 Å². The number of anilines is 1. The summed E-state index contributed by atoms with van der Waals surface area (Å²) in [7, 11) is 0. The van der Waals surface area contributed by atoms with Crippen molar-refractivity contribution in [1.82, 2.24) is 9.88 Å². The summed E-state index contributed by atoms with van der Waals surface area (Å²) in [5.41, 5.74) is 3.12. The Morgan fingerprint density at radius 1 is 0.941 bits per heavy atom. The number of fused-ring (bicyclic) bond motifs is 1. The molecule has 4 aromatic rings. The predicted octanol–water partition coefficient (Wildman–Crippen LogP) is 5.59. The zero-order valence-electron chi connectivity index (χ0n) is 18.8. The highest BCUT2D eigenvalue weighted by molar-refractivity contribution is 6.08. The average Bonchev–Trinajstić information content (AvgIpc) is 2.84. The molecule has 0 aliphatic carbocycles. The highest BCUT2D eigenvalue weighted by Gasteiger charge is 2.22. The van der Waals surface area contributed by atoms with Gasteiger partial charge in [0.2, 0.25) is 5.91 Å². The molecule has 0 atom stereocenters. The number of nitrogens with zero attached hydrogens (tertiary/aromatic N) is 2. The number of carbonyl (C=O) groups excluding carboxylic acids is 2. The van der Waals surface area contributed by atoms with E-state index in [1.54, 1.807) is 19.1 Å². The third-order valence-electron chi connectivity index (χ3n) is 5.52. The van der Waals surface area contributed by atoms with Crippen LogP contribution in [0.4, 0.5) is 14.5 Å². The molecule has 0 saturated heterocycles. The van der Waals surface area contributed by atoms with E-state index in [9.17, 15) is 18.4 Å². The number of aryl methyl sites for hydroxylation is 1. The molecule has 0 bridgehead atoms. The van der Waals surface area contributed by atoms with Crippen LogP contribution in [0.5, 0.6) is 0 Å². The third-order valence-corrected chi connectivity index (χ3v) is 5.52. The molecule has 0 radical (unpaired) electrons. The molecule has 2 amide bonds. The second kappa shape index (κ2) is 9.79. The molecule has 0 saturated carbocycles. The number of amides is 2. The van der Waals surface area contributed by atoms with Crippen molar-refractivity contribution in [3.63, 3.8) is 0 Å². The third kappa shape index (κ3) is 4.78. The van der Waals surface area contributed by atoms with E-state index in [4.69, 9.17) is 4.98 Å². The van der Waals surface area contributed by atoms with Crippen LogP contribution in [0.2, 0.25) is 0 Å². The van der Waals surface area contributed by atoms with Crippen molar-refractivity contribution in [2.24, 2.45) is 0 Å². The first kappa shape index (κ1) is 23.0. The minimum Gasteiger partial charge on any atom is -0.330 e. The largest absolute Gasteiger partial charge is 0.330 e. The number of likely N-dealkylation sites (N-methyl/N-ethyl adjacent to an activating group) is 1. The Morgan fingerprint density at radius 2 is 1.62 bits per heavy atom. The van der Waals surface area contributed by atoms with Gasteiger partial charge in [0.05, 0.1) is 16.8 Å². The number of carbonyl (C=O) groups is 2. The van der Waals surface area contributed by atoms with E-state index in [2.05, 4.69) is 5.32 Å². The maximum atomic E-state index is 13.9. The SMILES string of the molecule is CCN(CC(=O)Nc1c(F)cccc1F)C(=O)c1cc(-c2ccc(C)cc2)nc2ccccc12. The van der Waals surface area contributed by atoms with Crippen molar-refractivity contribution in [3.8, 4) is 11.3 Å². The average molecular weight is 459 g/mol. The summed E-state index contributed by atoms with van der Waals surface area (Å²) in [5.74, 6) is -2.84. The number of pyridine rings is 1. The van der Waals surface area contributed by atoms with E-state index in [0.717, 1.165) is 23.3 Å². The van der Waals surface area contributed by atoms with Gasteiger partial charge < -0.3 is 10.2 Å². The van der Waals surface area contributed by atoms with E-state index in [1.165, 1.54) is 11.0 Å². The van der Waals surface area contributed by atoms with E-state index in [-0.39, 0.29) is 19.0 Å². The van der Waals surface area contributed by atoms with Gasteiger partial charge in [-0.05, 0) is 38.1 Å². The van der Waals surface area contributed by atoms with Crippen LogP contribution in [-0.2, 0) is 4.79 Å². The number of hydrogen-bond donors (Lipinski definition) is 1. The Labute approximate surface area is 196 Å². The molecule has 4 rings (SSSR count). The lowest BCUT2D eigenvalue weighted by Crippen LogP contribution is -2.38. The fraction of sp³-hybridized carbons (Fsp3) is 0.148. The molecular weight excluding hydrogens is 436 g/mol. The van der Waals surface area contributed by atoms with Crippen molar-refractivity contribution in [2.45, 2.75) is 13.8 Å². The number of hydrogen-bond acceptors (Lipinski definition) is 3. The van der Waals surface area contributed by atoms with Gasteiger partial charge >= 0.3 is 0 Å². The topological polar surface area (TPSA) is 62.3 Å². The molecule has 0 fully saturated rings. The van der Waals surface area contributed by atoms with Crippen LogP contribution < -0.4 is 5.32 Å². The number of aromatic nitrogens is 1. The minimum atomic E-state index is -0.884. The normalized spacial score (nSPS) is 10.8. The lowest BCUT2D eigenvalue weighted by Gasteiger charge is -2.22. The fourth-order valence-electron chi connectivity index (χ4n) is 3.69. The Balaban J connectivity index is 1.66. The standard InChI is InChI=1S/C27H23F2N3O2/c1-3-32(16-25(33)31-26-21(28)8-6-9-22(26)29)27(34)20-15-24(18-13-11-17(2)12-14-18)30-23-10-5-4-7-19(20)23/h4-15H,3,16H2,1-2H3,(H,31,33). The number of nitrogens with one attached hydrogen (secondary N) is 1. The van der Waals surface area contributed by atoms with Crippen molar-refractivity contribution >= 4 is 28.4 Å². The minimum absolute atomic E-state index is 0.225. The van der Waals surface area contributed by atoms with Crippen molar-refractivity contribution in [1.29, 1.82) is 0 Å². The molecule has 34 heavy (non-hydrogen) atoms. The number of benzene rings is 3. The van der Waals surface area contributed by atoms with Crippen LogP contribution in [0.3, 0.4) is 0 Å². The summed E-state index contributed by atoms with van der Waals surface area (Å²) in [6.07, 6.45) is 0. The molecule has 3 aromatic carbocycles. The second-order valence-corrected chi connectivity index (χ2v) is 7.90. The van der Waals surface area contributed by atoms with E-state index < -0.39 is 23.2 Å². The molecule has 7 heteroatoms. The summed E-state index contributed by atoms with van der Waals surface area (Å²) >= 11 is 0. The van der Waals surface area contributed by atoms with Crippen LogP contribution in [0.25, 0.3) is 22.2 Å². The summed E-state index contributed by atoms with van der Waals surface area (Å²) in [4.78, 5) is 32.1. The zero-order valence-corrected chi connectivity index (χ0v) is 18.8. The first-order chi connectivity index (χ1) is 16.4. The predicted molar refractivity (Wildman–Crippen MR) is 128 cm³/mol. The summed E-state index contributed by atoms with van der Waals surface area (Å²) in [6, 6.07) is 20.1. The lowest BCUT2D eigenvalue weighted by atomic mass is 10.0. The Kier molecular flexibility index (Phi) is 6.63. The first-order valence-electron chi connectivity index (χ1n) is 10.9. The van der Waals surface area contributed by atoms with Gasteiger partial charge in [0.25, 0.3) is 5.91 Å². The Hall–Kier alpha value is -4.13. The first-order valence-corrected chi connectivity index (χ1v) is 10.9. The summed E-state index contributed by atoms with van der Waals surface area (Å²) in [5, 5.41) is 2.89. The van der Waals surface area contributed by atoms with E-state index in [0.29, 0.717) is 22.2 Å². The monoisotopic (exact) mass is 459 g/mol. The molecule has 0 aliphatic rings.